The number of benzene rings is 3. The summed E-state index contributed by atoms with van der Waals surface area (Å²) in [6.45, 7) is 3.72. The molecule has 0 radical (unpaired) electrons. The third kappa shape index (κ3) is 6.54. The number of aromatic nitrogens is 1. The van der Waals surface area contributed by atoms with Gasteiger partial charge >= 0.3 is 0 Å². The van der Waals surface area contributed by atoms with Crippen LogP contribution in [0.2, 0.25) is 0 Å². The normalized spacial score (nSPS) is 14.1. The first-order chi connectivity index (χ1) is 19.7. The van der Waals surface area contributed by atoms with E-state index in [1.807, 2.05) is 63.5 Å². The summed E-state index contributed by atoms with van der Waals surface area (Å²) in [5.41, 5.74) is 3.27. The average Bonchev–Trinajstić information content (AvgIpc) is 3.52. The number of furan rings is 1. The second-order valence-corrected chi connectivity index (χ2v) is 11.6. The van der Waals surface area contributed by atoms with Crippen molar-refractivity contribution in [2.75, 3.05) is 34.7 Å². The maximum Gasteiger partial charge on any atom is 0.242 e. The van der Waals surface area contributed by atoms with Gasteiger partial charge in [0.15, 0.2) is 0 Å². The number of hydrogen-bond acceptors (Lipinski definition) is 5. The van der Waals surface area contributed by atoms with E-state index >= 15 is 0 Å². The highest BCUT2D eigenvalue weighted by atomic mass is 16.3. The molecule has 214 valence electrons. The van der Waals surface area contributed by atoms with E-state index < -0.39 is 5.54 Å². The molecule has 0 spiro atoms. The van der Waals surface area contributed by atoms with Gasteiger partial charge in [-0.25, -0.2) is 0 Å². The van der Waals surface area contributed by atoms with Crippen molar-refractivity contribution < 1.29 is 9.21 Å². The van der Waals surface area contributed by atoms with Gasteiger partial charge < -0.3 is 19.2 Å². The van der Waals surface area contributed by atoms with Gasteiger partial charge in [0.25, 0.3) is 0 Å². The summed E-state index contributed by atoms with van der Waals surface area (Å²) in [4.78, 5) is 18.7. The first kappa shape index (κ1) is 28.6. The summed E-state index contributed by atoms with van der Waals surface area (Å²) >= 11 is 0. The Bertz CT molecular complexity index is 1570. The van der Waals surface area contributed by atoms with Crippen molar-refractivity contribution in [2.45, 2.75) is 38.1 Å². The minimum Gasteiger partial charge on any atom is -0.460 e. The van der Waals surface area contributed by atoms with Crippen LogP contribution < -0.4 is 10.6 Å². The van der Waals surface area contributed by atoms with E-state index in [1.165, 1.54) is 0 Å². The highest BCUT2D eigenvalue weighted by molar-refractivity contribution is 5.90. The molecule has 0 bridgehead atoms. The molecule has 2 N–H and O–H groups in total. The van der Waals surface area contributed by atoms with Crippen LogP contribution in [-0.2, 0) is 24.4 Å². The topological polar surface area (TPSA) is 65.7 Å². The summed E-state index contributed by atoms with van der Waals surface area (Å²) in [5, 5.41) is 9.24. The summed E-state index contributed by atoms with van der Waals surface area (Å²) in [7, 11) is 8.16. The Morgan fingerprint density at radius 2 is 1.63 bits per heavy atom. The predicted octanol–water partition coefficient (Wildman–Crippen LogP) is 5.42. The highest BCUT2D eigenvalue weighted by Gasteiger charge is 2.40. The molecule has 41 heavy (non-hydrogen) atoms. The van der Waals surface area contributed by atoms with Crippen LogP contribution in [0.1, 0.15) is 29.9 Å². The quantitative estimate of drug-likeness (QED) is 0.217. The largest absolute Gasteiger partial charge is 0.460 e. The Balaban J connectivity index is 1.54. The van der Waals surface area contributed by atoms with Gasteiger partial charge in [0.1, 0.15) is 16.9 Å². The maximum atomic E-state index is 14.5. The molecule has 2 aromatic heterocycles. The second kappa shape index (κ2) is 12.3. The van der Waals surface area contributed by atoms with Crippen LogP contribution >= 0.6 is 0 Å². The lowest BCUT2D eigenvalue weighted by molar-refractivity contribution is -0.129. The van der Waals surface area contributed by atoms with Gasteiger partial charge in [0.2, 0.25) is 5.91 Å². The Labute approximate surface area is 242 Å². The van der Waals surface area contributed by atoms with Crippen molar-refractivity contribution in [1.82, 2.24) is 25.0 Å². The summed E-state index contributed by atoms with van der Waals surface area (Å²) in [6, 6.07) is 28.4. The van der Waals surface area contributed by atoms with Crippen molar-refractivity contribution >= 4 is 27.8 Å². The molecule has 2 heterocycles. The number of nitrogens with one attached hydrogen (secondary N) is 2. The van der Waals surface area contributed by atoms with Crippen LogP contribution in [0, 0.1) is 0 Å². The van der Waals surface area contributed by atoms with E-state index in [0.29, 0.717) is 19.5 Å². The number of carbonyl (C=O) groups excluding carboxylic acids is 1. The van der Waals surface area contributed by atoms with E-state index in [9.17, 15) is 4.79 Å². The lowest BCUT2D eigenvalue weighted by Gasteiger charge is -2.37. The molecule has 0 aliphatic heterocycles. The first-order valence-corrected chi connectivity index (χ1v) is 14.2. The SMILES string of the molecule is C[C@H](NC(=O)C(Cc1cn(CN(C)C)c2ccccc12)(CN(C)C)NCc1cc2ccccc2o1)c1ccccc1. The second-order valence-electron chi connectivity index (χ2n) is 11.6. The van der Waals surface area contributed by atoms with E-state index in [1.54, 1.807) is 0 Å². The molecule has 5 rings (SSSR count). The van der Waals surface area contributed by atoms with Gasteiger partial charge in [0.05, 0.1) is 19.3 Å². The molecule has 3 aromatic carbocycles. The zero-order valence-corrected chi connectivity index (χ0v) is 24.7. The van der Waals surface area contributed by atoms with Gasteiger partial charge in [-0.15, -0.1) is 0 Å². The lowest BCUT2D eigenvalue weighted by atomic mass is 9.88. The van der Waals surface area contributed by atoms with Gasteiger partial charge in [-0.1, -0.05) is 66.7 Å². The number of rotatable bonds is 12. The third-order valence-corrected chi connectivity index (χ3v) is 7.54. The van der Waals surface area contributed by atoms with Gasteiger partial charge in [-0.2, -0.15) is 0 Å². The number of para-hydroxylation sites is 2. The van der Waals surface area contributed by atoms with Crippen LogP contribution in [0.4, 0.5) is 0 Å². The molecule has 7 heteroatoms. The van der Waals surface area contributed by atoms with Gasteiger partial charge in [-0.05, 0) is 64.4 Å². The van der Waals surface area contributed by atoms with E-state index in [0.717, 1.165) is 45.4 Å². The standard InChI is InChI=1S/C34H41N5O2/c1-25(26-13-7-6-8-14-26)36-33(40)34(23-37(2)3,35-21-29-19-27-15-9-12-18-32(27)41-29)20-28-22-39(24-38(4)5)31-17-11-10-16-30(28)31/h6-19,22,25,35H,20-21,23-24H2,1-5H3,(H,36,40)/t25-,34?/m0/s1. The van der Waals surface area contributed by atoms with E-state index in [4.69, 9.17) is 4.42 Å². The average molecular weight is 552 g/mol. The fourth-order valence-corrected chi connectivity index (χ4v) is 5.70. The molecule has 1 unspecified atom stereocenters. The molecule has 0 aliphatic carbocycles. The molecule has 0 fully saturated rings. The smallest absolute Gasteiger partial charge is 0.242 e. The number of amides is 1. The van der Waals surface area contributed by atoms with Crippen LogP contribution in [0.15, 0.2) is 95.5 Å². The van der Waals surface area contributed by atoms with Crippen molar-refractivity contribution in [3.05, 3.63) is 108 Å². The molecule has 0 saturated heterocycles. The number of nitrogens with zero attached hydrogens (tertiary/aromatic N) is 3. The molecule has 2 atom stereocenters. The Kier molecular flexibility index (Phi) is 8.59. The van der Waals surface area contributed by atoms with Crippen LogP contribution in [0.25, 0.3) is 21.9 Å². The number of likely N-dealkylation sites (N-methyl/N-ethyl adjacent to an activating group) is 1. The molecule has 0 aliphatic rings. The Morgan fingerprint density at radius 3 is 2.37 bits per heavy atom. The highest BCUT2D eigenvalue weighted by Crippen LogP contribution is 2.28. The Morgan fingerprint density at radius 1 is 0.927 bits per heavy atom. The fraction of sp³-hybridized carbons (Fsp3) is 0.324. The maximum absolute atomic E-state index is 14.5. The fourth-order valence-electron chi connectivity index (χ4n) is 5.70. The summed E-state index contributed by atoms with van der Waals surface area (Å²) in [6.07, 6.45) is 2.71. The monoisotopic (exact) mass is 551 g/mol. The molecule has 5 aromatic rings. The zero-order valence-electron chi connectivity index (χ0n) is 24.7. The molecular weight excluding hydrogens is 510 g/mol. The Hall–Kier alpha value is -3.91. The predicted molar refractivity (Wildman–Crippen MR) is 167 cm³/mol. The summed E-state index contributed by atoms with van der Waals surface area (Å²) in [5.74, 6) is 0.761. The molecular formula is C34H41N5O2. The van der Waals surface area contributed by atoms with Crippen LogP contribution in [0.5, 0.6) is 0 Å². The number of carbonyl (C=O) groups is 1. The van der Waals surface area contributed by atoms with Gasteiger partial charge in [-0.3, -0.25) is 15.0 Å². The van der Waals surface area contributed by atoms with Crippen molar-refractivity contribution in [3.63, 3.8) is 0 Å². The first-order valence-electron chi connectivity index (χ1n) is 14.2. The minimum absolute atomic E-state index is 0.0388. The molecule has 0 saturated carbocycles. The summed E-state index contributed by atoms with van der Waals surface area (Å²) < 4.78 is 8.41. The van der Waals surface area contributed by atoms with Crippen molar-refractivity contribution in [1.29, 1.82) is 0 Å². The molecule has 1 amide bonds. The minimum atomic E-state index is -0.932. The van der Waals surface area contributed by atoms with E-state index in [-0.39, 0.29) is 11.9 Å². The van der Waals surface area contributed by atoms with Crippen molar-refractivity contribution in [3.8, 4) is 0 Å². The zero-order chi connectivity index (χ0) is 29.0. The number of hydrogen-bond donors (Lipinski definition) is 2. The van der Waals surface area contributed by atoms with Crippen molar-refractivity contribution in [2.24, 2.45) is 0 Å². The third-order valence-electron chi connectivity index (χ3n) is 7.54. The van der Waals surface area contributed by atoms with Crippen LogP contribution in [-0.4, -0.2) is 60.5 Å². The number of fused-ring (bicyclic) bond motifs is 2. The molecule has 7 nitrogen and oxygen atoms in total. The van der Waals surface area contributed by atoms with E-state index in [2.05, 4.69) is 87.8 Å². The van der Waals surface area contributed by atoms with Crippen LogP contribution in [0.3, 0.4) is 0 Å². The van der Waals surface area contributed by atoms with Gasteiger partial charge in [0, 0.05) is 35.5 Å². The lowest BCUT2D eigenvalue weighted by Crippen LogP contribution is -2.63.